The zero-order chi connectivity index (χ0) is 12.6. The Morgan fingerprint density at radius 3 is 2.65 bits per heavy atom. The summed E-state index contributed by atoms with van der Waals surface area (Å²) < 4.78 is 0. The number of ketones is 1. The van der Waals surface area contributed by atoms with Crippen molar-refractivity contribution in [2.75, 3.05) is 6.54 Å². The van der Waals surface area contributed by atoms with E-state index in [9.17, 15) is 14.7 Å². The van der Waals surface area contributed by atoms with E-state index in [1.54, 1.807) is 30.9 Å². The molecule has 1 fully saturated rings. The lowest BCUT2D eigenvalue weighted by molar-refractivity contribution is -0.123. The second kappa shape index (κ2) is 3.87. The van der Waals surface area contributed by atoms with Crippen molar-refractivity contribution in [3.63, 3.8) is 0 Å². The molecule has 17 heavy (non-hydrogen) atoms. The lowest BCUT2D eigenvalue weighted by Crippen LogP contribution is -2.46. The quantitative estimate of drug-likeness (QED) is 0.801. The number of nitrogens with zero attached hydrogens (tertiary/aromatic N) is 1. The minimum atomic E-state index is -0.747. The van der Waals surface area contributed by atoms with Crippen LogP contribution in [0.1, 0.15) is 30.6 Å². The molecule has 0 unspecified atom stereocenters. The summed E-state index contributed by atoms with van der Waals surface area (Å²) in [6.07, 6.45) is 0.400. The van der Waals surface area contributed by atoms with Crippen LogP contribution in [0.25, 0.3) is 0 Å². The number of hydrogen-bond donors (Lipinski definition) is 1. The molecule has 1 aromatic rings. The van der Waals surface area contributed by atoms with Gasteiger partial charge in [-0.1, -0.05) is 6.07 Å². The number of amides is 1. The van der Waals surface area contributed by atoms with Gasteiger partial charge in [0, 0.05) is 18.5 Å². The van der Waals surface area contributed by atoms with Gasteiger partial charge < -0.3 is 10.0 Å². The first-order valence-corrected chi connectivity index (χ1v) is 5.57. The van der Waals surface area contributed by atoms with Gasteiger partial charge in [0.05, 0.1) is 5.54 Å². The van der Waals surface area contributed by atoms with E-state index in [0.717, 1.165) is 0 Å². The fourth-order valence-corrected chi connectivity index (χ4v) is 2.10. The van der Waals surface area contributed by atoms with Crippen molar-refractivity contribution in [3.8, 4) is 5.75 Å². The third-order valence-electron chi connectivity index (χ3n) is 3.26. The zero-order valence-corrected chi connectivity index (χ0v) is 9.93. The molecule has 0 spiro atoms. The summed E-state index contributed by atoms with van der Waals surface area (Å²) in [6, 6.07) is 6.19. The summed E-state index contributed by atoms with van der Waals surface area (Å²) in [5.74, 6) is -0.0815. The van der Waals surface area contributed by atoms with Crippen LogP contribution in [0.3, 0.4) is 0 Å². The van der Waals surface area contributed by atoms with Crippen molar-refractivity contribution in [2.24, 2.45) is 0 Å². The van der Waals surface area contributed by atoms with Gasteiger partial charge in [-0.2, -0.15) is 0 Å². The molecule has 0 bridgehead atoms. The van der Waals surface area contributed by atoms with E-state index >= 15 is 0 Å². The molecule has 1 N–H and O–H groups in total. The molecular weight excluding hydrogens is 218 g/mol. The lowest BCUT2D eigenvalue weighted by atomic mass is 10.00. The van der Waals surface area contributed by atoms with Gasteiger partial charge in [0.25, 0.3) is 5.91 Å². The van der Waals surface area contributed by atoms with E-state index in [1.165, 1.54) is 12.1 Å². The molecule has 1 saturated heterocycles. The maximum Gasteiger partial charge on any atom is 0.254 e. The first kappa shape index (κ1) is 11.6. The van der Waals surface area contributed by atoms with Gasteiger partial charge in [-0.3, -0.25) is 9.59 Å². The second-order valence-corrected chi connectivity index (χ2v) is 4.74. The first-order chi connectivity index (χ1) is 7.93. The highest BCUT2D eigenvalue weighted by molar-refractivity contribution is 6.01. The number of rotatable bonds is 1. The molecule has 90 valence electrons. The predicted molar refractivity (Wildman–Crippen MR) is 62.8 cm³/mol. The summed E-state index contributed by atoms with van der Waals surface area (Å²) in [7, 11) is 0. The molecule has 4 nitrogen and oxygen atoms in total. The predicted octanol–water partition coefficient (Wildman–Crippen LogP) is 1.59. The van der Waals surface area contributed by atoms with Gasteiger partial charge in [-0.05, 0) is 32.0 Å². The highest BCUT2D eigenvalue weighted by Gasteiger charge is 2.42. The van der Waals surface area contributed by atoms with Crippen LogP contribution < -0.4 is 0 Å². The lowest BCUT2D eigenvalue weighted by Gasteiger charge is -2.30. The van der Waals surface area contributed by atoms with Gasteiger partial charge in [0.2, 0.25) is 0 Å². The summed E-state index contributed by atoms with van der Waals surface area (Å²) in [4.78, 5) is 25.4. The van der Waals surface area contributed by atoms with Crippen molar-refractivity contribution in [1.29, 1.82) is 0 Å². The molecule has 0 aliphatic carbocycles. The van der Waals surface area contributed by atoms with E-state index in [-0.39, 0.29) is 17.4 Å². The average molecular weight is 233 g/mol. The highest BCUT2D eigenvalue weighted by Crippen LogP contribution is 2.27. The topological polar surface area (TPSA) is 57.6 Å². The maximum absolute atomic E-state index is 12.2. The van der Waals surface area contributed by atoms with E-state index < -0.39 is 5.54 Å². The summed E-state index contributed by atoms with van der Waals surface area (Å²) >= 11 is 0. The number of phenols is 1. The molecule has 0 radical (unpaired) electrons. The third kappa shape index (κ3) is 1.90. The molecule has 1 aromatic carbocycles. The van der Waals surface area contributed by atoms with E-state index in [4.69, 9.17) is 0 Å². The minimum Gasteiger partial charge on any atom is -0.508 e. The van der Waals surface area contributed by atoms with Crippen LogP contribution in [0, 0.1) is 0 Å². The Kier molecular flexibility index (Phi) is 2.65. The minimum absolute atomic E-state index is 0.0548. The number of carbonyl (C=O) groups excluding carboxylic acids is 2. The molecule has 4 heteroatoms. The third-order valence-corrected chi connectivity index (χ3v) is 3.26. The average Bonchev–Trinajstić information content (AvgIpc) is 2.53. The molecular formula is C13H15NO3. The van der Waals surface area contributed by atoms with Crippen LogP contribution in [0.2, 0.25) is 0 Å². The normalized spacial score (nSPS) is 18.5. The molecule has 0 aromatic heterocycles. The fraction of sp³-hybridized carbons (Fsp3) is 0.385. The van der Waals surface area contributed by atoms with Crippen molar-refractivity contribution >= 4 is 11.7 Å². The molecule has 0 atom stereocenters. The van der Waals surface area contributed by atoms with Crippen molar-refractivity contribution in [3.05, 3.63) is 29.8 Å². The number of phenolic OH excluding ortho intramolecular Hbond substituents is 1. The second-order valence-electron chi connectivity index (χ2n) is 4.74. The Bertz CT molecular complexity index is 479. The van der Waals surface area contributed by atoms with Gasteiger partial charge in [-0.15, -0.1) is 0 Å². The number of benzene rings is 1. The molecule has 0 saturated carbocycles. The van der Waals surface area contributed by atoms with Crippen LogP contribution in [0.15, 0.2) is 24.3 Å². The van der Waals surface area contributed by atoms with E-state index in [2.05, 4.69) is 0 Å². The number of hydrogen-bond acceptors (Lipinski definition) is 3. The summed E-state index contributed by atoms with van der Waals surface area (Å²) in [6.45, 7) is 3.95. The van der Waals surface area contributed by atoms with Crippen LogP contribution in [-0.4, -0.2) is 33.8 Å². The maximum atomic E-state index is 12.2. The smallest absolute Gasteiger partial charge is 0.254 e. The van der Waals surface area contributed by atoms with Crippen LogP contribution >= 0.6 is 0 Å². The summed E-state index contributed by atoms with van der Waals surface area (Å²) in [5.41, 5.74) is -0.337. The molecule has 1 aliphatic rings. The van der Waals surface area contributed by atoms with E-state index in [0.29, 0.717) is 18.5 Å². The number of carbonyl (C=O) groups is 2. The number of Topliss-reactive ketones (excluding diaryl/α,β-unsaturated/α-hetero) is 1. The number of likely N-dealkylation sites (tertiary alicyclic amines) is 1. The fourth-order valence-electron chi connectivity index (χ4n) is 2.10. The van der Waals surface area contributed by atoms with Gasteiger partial charge in [0.1, 0.15) is 5.75 Å². The first-order valence-electron chi connectivity index (χ1n) is 5.57. The Morgan fingerprint density at radius 1 is 1.41 bits per heavy atom. The Balaban J connectivity index is 2.30. The van der Waals surface area contributed by atoms with Crippen LogP contribution in [0.4, 0.5) is 0 Å². The SMILES string of the molecule is CC1(C)C(=O)CCN1C(=O)c1cccc(O)c1. The Hall–Kier alpha value is -1.84. The van der Waals surface area contributed by atoms with Crippen LogP contribution in [-0.2, 0) is 4.79 Å². The monoisotopic (exact) mass is 233 g/mol. The molecule has 1 aliphatic heterocycles. The van der Waals surface area contributed by atoms with Gasteiger partial charge in [-0.25, -0.2) is 0 Å². The molecule has 1 heterocycles. The molecule has 1 amide bonds. The summed E-state index contributed by atoms with van der Waals surface area (Å²) in [5, 5.41) is 9.35. The van der Waals surface area contributed by atoms with Gasteiger partial charge >= 0.3 is 0 Å². The standard InChI is InChI=1S/C13H15NO3/c1-13(2)11(16)6-7-14(13)12(17)9-4-3-5-10(15)8-9/h3-5,8,15H,6-7H2,1-2H3. The van der Waals surface area contributed by atoms with E-state index in [1.807, 2.05) is 0 Å². The van der Waals surface area contributed by atoms with Gasteiger partial charge in [0.15, 0.2) is 5.78 Å². The van der Waals surface area contributed by atoms with Crippen molar-refractivity contribution in [1.82, 2.24) is 4.90 Å². The Morgan fingerprint density at radius 2 is 2.12 bits per heavy atom. The highest BCUT2D eigenvalue weighted by atomic mass is 16.3. The Labute approximate surface area is 99.9 Å². The molecule has 2 rings (SSSR count). The van der Waals surface area contributed by atoms with Crippen molar-refractivity contribution in [2.45, 2.75) is 25.8 Å². The zero-order valence-electron chi connectivity index (χ0n) is 9.93. The largest absolute Gasteiger partial charge is 0.508 e. The number of aromatic hydroxyl groups is 1. The van der Waals surface area contributed by atoms with Crippen molar-refractivity contribution < 1.29 is 14.7 Å². The van der Waals surface area contributed by atoms with Crippen LogP contribution in [0.5, 0.6) is 5.75 Å².